The second-order valence-electron chi connectivity index (χ2n) is 17.1. The fourth-order valence-corrected chi connectivity index (χ4v) is 7.88. The number of rotatable bonds is 41. The summed E-state index contributed by atoms with van der Waals surface area (Å²) in [5, 5.41) is 30.9. The zero-order chi connectivity index (χ0) is 46.9. The van der Waals surface area contributed by atoms with Crippen molar-refractivity contribution in [2.24, 2.45) is 0 Å². The summed E-state index contributed by atoms with van der Waals surface area (Å²) in [6.45, 7) is 3.69. The smallest absolute Gasteiger partial charge is 0.306 e. The van der Waals surface area contributed by atoms with E-state index in [0.29, 0.717) is 19.3 Å². The van der Waals surface area contributed by atoms with Crippen molar-refractivity contribution in [2.45, 2.75) is 230 Å². The van der Waals surface area contributed by atoms with Crippen LogP contribution >= 0.6 is 0 Å². The molecule has 0 spiro atoms. The van der Waals surface area contributed by atoms with Gasteiger partial charge in [0.05, 0.1) is 6.61 Å². The summed E-state index contributed by atoms with van der Waals surface area (Å²) >= 11 is 0. The Morgan fingerprint density at radius 1 is 0.531 bits per heavy atom. The average molecular weight is 925 g/mol. The van der Waals surface area contributed by atoms with Gasteiger partial charge < -0.3 is 34.3 Å². The van der Waals surface area contributed by atoms with E-state index >= 15 is 0 Å². The summed E-state index contributed by atoms with van der Waals surface area (Å²) in [5.41, 5.74) is 0. The summed E-state index contributed by atoms with van der Waals surface area (Å²) in [6, 6.07) is 0. The number of unbranched alkanes of at least 4 members (excludes halogenated alkanes) is 19. The minimum Gasteiger partial charge on any atom is -0.462 e. The number of aliphatic hydroxyl groups excluding tert-OH is 3. The molecule has 1 aliphatic heterocycles. The molecule has 0 amide bonds. The Morgan fingerprint density at radius 3 is 1.48 bits per heavy atom. The monoisotopic (exact) mass is 925 g/mol. The molecule has 0 bridgehead atoms. The van der Waals surface area contributed by atoms with Crippen LogP contribution in [-0.2, 0) is 38.7 Å². The van der Waals surface area contributed by atoms with Crippen molar-refractivity contribution >= 4 is 22.1 Å². The molecule has 0 aromatic rings. The molecule has 0 saturated carbocycles. The van der Waals surface area contributed by atoms with Crippen molar-refractivity contribution in [3.63, 3.8) is 0 Å². The lowest BCUT2D eigenvalue weighted by molar-refractivity contribution is -0.297. The van der Waals surface area contributed by atoms with E-state index in [1.54, 1.807) is 0 Å². The lowest BCUT2D eigenvalue weighted by Gasteiger charge is -2.40. The lowest BCUT2D eigenvalue weighted by atomic mass is 10.00. The highest BCUT2D eigenvalue weighted by Gasteiger charge is 2.46. The van der Waals surface area contributed by atoms with E-state index in [1.807, 2.05) is 6.08 Å². The summed E-state index contributed by atoms with van der Waals surface area (Å²) in [6.07, 6.45) is 41.2. The number of aliphatic hydroxyl groups is 3. The largest absolute Gasteiger partial charge is 0.462 e. The molecule has 0 radical (unpaired) electrons. The van der Waals surface area contributed by atoms with Crippen molar-refractivity contribution in [1.82, 2.24) is 0 Å². The number of carbonyl (C=O) groups is 2. The predicted molar refractivity (Wildman–Crippen MR) is 256 cm³/mol. The van der Waals surface area contributed by atoms with Crippen LogP contribution in [0.1, 0.15) is 194 Å². The number of carbonyl (C=O) groups excluding carboxylic acids is 2. The minimum atomic E-state index is -4.61. The van der Waals surface area contributed by atoms with Gasteiger partial charge >= 0.3 is 11.9 Å². The lowest BCUT2D eigenvalue weighted by Crippen LogP contribution is -2.60. The van der Waals surface area contributed by atoms with Gasteiger partial charge in [0.25, 0.3) is 10.1 Å². The number of allylic oxidation sites excluding steroid dienone is 10. The summed E-state index contributed by atoms with van der Waals surface area (Å²) in [5.74, 6) is -2.06. The molecule has 0 aromatic heterocycles. The SMILES string of the molecule is CCCCC/C=C/C/C=C/C/C=C/C/C=C/CCCC(=O)OC[C@H](CO[C@H]1O[C@H](CS(=O)(=O)O)[C@@H](O)C(O)C1O)OC(=O)CCCCCCCCCCC/C=C/CCCCCCCC. The Bertz CT molecular complexity index is 1410. The molecule has 4 N–H and O–H groups in total. The van der Waals surface area contributed by atoms with Crippen molar-refractivity contribution in [1.29, 1.82) is 0 Å². The highest BCUT2D eigenvalue weighted by molar-refractivity contribution is 7.85. The zero-order valence-electron chi connectivity index (χ0n) is 39.6. The molecule has 1 rings (SSSR count). The van der Waals surface area contributed by atoms with Gasteiger partial charge in [-0.2, -0.15) is 8.42 Å². The van der Waals surface area contributed by atoms with Crippen LogP contribution in [0.3, 0.4) is 0 Å². The molecule has 1 saturated heterocycles. The molecule has 12 nitrogen and oxygen atoms in total. The summed E-state index contributed by atoms with van der Waals surface area (Å²) < 4.78 is 54.1. The molecule has 64 heavy (non-hydrogen) atoms. The van der Waals surface area contributed by atoms with Crippen molar-refractivity contribution < 1.29 is 56.8 Å². The van der Waals surface area contributed by atoms with Crippen LogP contribution in [0.5, 0.6) is 0 Å². The van der Waals surface area contributed by atoms with Crippen LogP contribution in [0, 0.1) is 0 Å². The molecule has 0 aromatic carbocycles. The van der Waals surface area contributed by atoms with Gasteiger partial charge in [0.15, 0.2) is 12.4 Å². The first-order chi connectivity index (χ1) is 31.0. The van der Waals surface area contributed by atoms with Crippen LogP contribution in [-0.4, -0.2) is 96.0 Å². The topological polar surface area (TPSA) is 186 Å². The van der Waals surface area contributed by atoms with Crippen LogP contribution < -0.4 is 0 Å². The van der Waals surface area contributed by atoms with Crippen molar-refractivity contribution in [3.05, 3.63) is 60.8 Å². The van der Waals surface area contributed by atoms with Crippen LogP contribution in [0.2, 0.25) is 0 Å². The van der Waals surface area contributed by atoms with Gasteiger partial charge in [-0.25, -0.2) is 0 Å². The second kappa shape index (κ2) is 40.6. The highest BCUT2D eigenvalue weighted by Crippen LogP contribution is 2.24. The zero-order valence-corrected chi connectivity index (χ0v) is 40.4. The third-order valence-electron chi connectivity index (χ3n) is 11.1. The summed E-state index contributed by atoms with van der Waals surface area (Å²) in [7, 11) is -4.61. The Balaban J connectivity index is 2.44. The molecular weight excluding hydrogens is 837 g/mol. The van der Waals surface area contributed by atoms with Crippen molar-refractivity contribution in [3.8, 4) is 0 Å². The maximum atomic E-state index is 12.9. The average Bonchev–Trinajstić information content (AvgIpc) is 3.26. The maximum absolute atomic E-state index is 12.9. The van der Waals surface area contributed by atoms with Crippen LogP contribution in [0.25, 0.3) is 0 Å². The van der Waals surface area contributed by atoms with E-state index < -0.39 is 71.2 Å². The first-order valence-electron chi connectivity index (χ1n) is 24.8. The van der Waals surface area contributed by atoms with E-state index in [9.17, 15) is 37.9 Å². The molecule has 1 aliphatic rings. The van der Waals surface area contributed by atoms with Gasteiger partial charge in [-0.15, -0.1) is 0 Å². The number of esters is 2. The van der Waals surface area contributed by atoms with Gasteiger partial charge in [-0.3, -0.25) is 14.1 Å². The maximum Gasteiger partial charge on any atom is 0.306 e. The van der Waals surface area contributed by atoms with E-state index in [4.69, 9.17) is 18.9 Å². The third kappa shape index (κ3) is 34.7. The standard InChI is InChI=1S/C51H88O12S/c1-3-5-7-9-11-13-15-17-19-21-22-24-26-28-30-32-34-36-38-40-47(53)62-44(42-61-51-50(56)49(55)48(54)45(63-51)43-64(57,58)59)41-60-46(52)39-37-35-33-31-29-27-25-23-20-18-16-14-12-10-8-6-4-2/h12,14,17-20,25,27,31,33,44-45,48-51,54-56H,3-11,13,15-16,21-24,26,28-30,32,34-43H2,1-2H3,(H,57,58,59)/b14-12+,19-17+,20-18+,27-25+,33-31+/t44-,45-,48-,49?,50?,51+/m1/s1. The van der Waals surface area contributed by atoms with Gasteiger partial charge in [-0.05, 0) is 77.0 Å². The number of hydrogen-bond acceptors (Lipinski definition) is 11. The fourth-order valence-electron chi connectivity index (χ4n) is 7.19. The van der Waals surface area contributed by atoms with Crippen molar-refractivity contribution in [2.75, 3.05) is 19.0 Å². The highest BCUT2D eigenvalue weighted by atomic mass is 32.2. The predicted octanol–water partition coefficient (Wildman–Crippen LogP) is 10.9. The minimum absolute atomic E-state index is 0.141. The van der Waals surface area contributed by atoms with Gasteiger partial charge in [-0.1, -0.05) is 164 Å². The van der Waals surface area contributed by atoms with Crippen LogP contribution in [0.4, 0.5) is 0 Å². The fraction of sp³-hybridized carbons (Fsp3) is 0.765. The van der Waals surface area contributed by atoms with E-state index in [0.717, 1.165) is 51.4 Å². The van der Waals surface area contributed by atoms with Crippen LogP contribution in [0.15, 0.2) is 60.8 Å². The van der Waals surface area contributed by atoms with Gasteiger partial charge in [0.2, 0.25) is 0 Å². The molecule has 6 atom stereocenters. The molecule has 2 unspecified atom stereocenters. The normalized spacial score (nSPS) is 20.1. The van der Waals surface area contributed by atoms with Gasteiger partial charge in [0.1, 0.15) is 36.8 Å². The number of hydrogen-bond donors (Lipinski definition) is 4. The Hall–Kier alpha value is -2.65. The summed E-state index contributed by atoms with van der Waals surface area (Å²) in [4.78, 5) is 25.5. The Kier molecular flexibility index (Phi) is 37.7. The molecule has 1 fully saturated rings. The first-order valence-corrected chi connectivity index (χ1v) is 26.5. The molecule has 0 aliphatic carbocycles. The second-order valence-corrected chi connectivity index (χ2v) is 18.6. The van der Waals surface area contributed by atoms with E-state index in [-0.39, 0.29) is 19.4 Å². The Morgan fingerprint density at radius 2 is 0.953 bits per heavy atom. The molecule has 370 valence electrons. The third-order valence-corrected chi connectivity index (χ3v) is 11.8. The first kappa shape index (κ1) is 59.4. The molecular formula is C51H88O12S. The Labute approximate surface area is 387 Å². The quantitative estimate of drug-likeness (QED) is 0.0197. The number of ether oxygens (including phenoxy) is 4. The van der Waals surface area contributed by atoms with E-state index in [1.165, 1.54) is 96.3 Å². The van der Waals surface area contributed by atoms with E-state index in [2.05, 4.69) is 68.5 Å². The van der Waals surface area contributed by atoms with Gasteiger partial charge in [0, 0.05) is 12.8 Å². The molecule has 13 heteroatoms. The molecule has 1 heterocycles.